The van der Waals surface area contributed by atoms with Gasteiger partial charge in [0.1, 0.15) is 12.4 Å². The van der Waals surface area contributed by atoms with Gasteiger partial charge in [-0.25, -0.2) is 4.98 Å². The average Bonchev–Trinajstić information content (AvgIpc) is 3.21. The van der Waals surface area contributed by atoms with Crippen molar-refractivity contribution in [3.05, 3.63) is 84.4 Å². The van der Waals surface area contributed by atoms with E-state index >= 15 is 0 Å². The third-order valence-corrected chi connectivity index (χ3v) is 4.01. The van der Waals surface area contributed by atoms with Crippen LogP contribution in [0.3, 0.4) is 0 Å². The quantitative estimate of drug-likeness (QED) is 0.220. The lowest BCUT2D eigenvalue weighted by molar-refractivity contribution is 0.322. The number of imidazole rings is 1. The van der Waals surface area contributed by atoms with Crippen molar-refractivity contribution in [1.29, 1.82) is 0 Å². The lowest BCUT2D eigenvalue weighted by atomic mass is 10.1. The van der Waals surface area contributed by atoms with E-state index in [9.17, 15) is 0 Å². The van der Waals surface area contributed by atoms with Crippen LogP contribution in [0.4, 0.5) is 0 Å². The standard InChI is InChI=1S/C21H25N5O.HI/c1-22-21(24-11-13-27-20-8-3-2-4-9-20)25-15-18-6-5-7-19(14-18)16-26-12-10-23-17-26;/h2-10,12,14,17H,11,13,15-16H2,1H3,(H2,22,24,25);1H. The van der Waals surface area contributed by atoms with Crippen molar-refractivity contribution >= 4 is 29.9 Å². The van der Waals surface area contributed by atoms with E-state index in [1.54, 1.807) is 13.2 Å². The van der Waals surface area contributed by atoms with Crippen molar-refractivity contribution in [1.82, 2.24) is 20.2 Å². The largest absolute Gasteiger partial charge is 0.492 e. The van der Waals surface area contributed by atoms with Gasteiger partial charge in [-0.2, -0.15) is 0 Å². The van der Waals surface area contributed by atoms with E-state index in [4.69, 9.17) is 4.74 Å². The number of aromatic nitrogens is 2. The summed E-state index contributed by atoms with van der Waals surface area (Å²) < 4.78 is 7.73. The summed E-state index contributed by atoms with van der Waals surface area (Å²) in [7, 11) is 1.77. The molecule has 148 valence electrons. The Labute approximate surface area is 183 Å². The summed E-state index contributed by atoms with van der Waals surface area (Å²) in [6.07, 6.45) is 5.59. The summed E-state index contributed by atoms with van der Waals surface area (Å²) in [6.45, 7) is 2.77. The topological polar surface area (TPSA) is 63.5 Å². The molecule has 0 bridgehead atoms. The number of ether oxygens (including phenoxy) is 1. The number of para-hydroxylation sites is 1. The SMILES string of the molecule is CN=C(NCCOc1ccccc1)NCc1cccc(Cn2ccnc2)c1.I. The summed E-state index contributed by atoms with van der Waals surface area (Å²) in [5.74, 6) is 1.63. The lowest BCUT2D eigenvalue weighted by Crippen LogP contribution is -2.38. The minimum atomic E-state index is 0. The predicted octanol–water partition coefficient (Wildman–Crippen LogP) is 3.29. The average molecular weight is 491 g/mol. The lowest BCUT2D eigenvalue weighted by Gasteiger charge is -2.13. The maximum atomic E-state index is 5.68. The van der Waals surface area contributed by atoms with E-state index in [2.05, 4.69) is 49.4 Å². The zero-order valence-electron chi connectivity index (χ0n) is 15.9. The number of hydrogen-bond acceptors (Lipinski definition) is 3. The summed E-state index contributed by atoms with van der Waals surface area (Å²) >= 11 is 0. The molecule has 3 rings (SSSR count). The highest BCUT2D eigenvalue weighted by Gasteiger charge is 2.01. The minimum Gasteiger partial charge on any atom is -0.492 e. The summed E-state index contributed by atoms with van der Waals surface area (Å²) in [5, 5.41) is 6.60. The zero-order chi connectivity index (χ0) is 18.7. The molecule has 3 aromatic rings. The van der Waals surface area contributed by atoms with Crippen LogP contribution in [-0.2, 0) is 13.1 Å². The Balaban J connectivity index is 0.00000280. The first-order valence-electron chi connectivity index (χ1n) is 8.99. The Hall–Kier alpha value is -2.55. The Morgan fingerprint density at radius 1 is 1.07 bits per heavy atom. The molecule has 0 saturated carbocycles. The van der Waals surface area contributed by atoms with Gasteiger partial charge in [-0.05, 0) is 23.3 Å². The van der Waals surface area contributed by atoms with Crippen LogP contribution in [0, 0.1) is 0 Å². The van der Waals surface area contributed by atoms with Crippen LogP contribution < -0.4 is 15.4 Å². The molecule has 0 fully saturated rings. The van der Waals surface area contributed by atoms with E-state index in [1.807, 2.05) is 42.9 Å². The fraction of sp³-hybridized carbons (Fsp3) is 0.238. The molecule has 7 heteroatoms. The first-order valence-corrected chi connectivity index (χ1v) is 8.99. The van der Waals surface area contributed by atoms with Crippen LogP contribution in [0.2, 0.25) is 0 Å². The minimum absolute atomic E-state index is 0. The van der Waals surface area contributed by atoms with Crippen LogP contribution in [0.5, 0.6) is 5.75 Å². The fourth-order valence-electron chi connectivity index (χ4n) is 2.69. The molecule has 0 amide bonds. The maximum absolute atomic E-state index is 5.68. The number of guanidine groups is 1. The van der Waals surface area contributed by atoms with Gasteiger partial charge in [0.05, 0.1) is 12.9 Å². The molecule has 0 aliphatic carbocycles. The fourth-order valence-corrected chi connectivity index (χ4v) is 2.69. The maximum Gasteiger partial charge on any atom is 0.191 e. The van der Waals surface area contributed by atoms with Gasteiger partial charge in [-0.15, -0.1) is 24.0 Å². The van der Waals surface area contributed by atoms with Crippen molar-refractivity contribution in [3.8, 4) is 5.75 Å². The number of aliphatic imine (C=N–C) groups is 1. The van der Waals surface area contributed by atoms with Crippen LogP contribution in [0.15, 0.2) is 78.3 Å². The summed E-state index contributed by atoms with van der Waals surface area (Å²) in [4.78, 5) is 8.34. The second kappa shape index (κ2) is 12.0. The Bertz CT molecular complexity index is 837. The molecule has 2 aromatic carbocycles. The van der Waals surface area contributed by atoms with Crippen LogP contribution in [0.25, 0.3) is 0 Å². The normalized spacial score (nSPS) is 10.8. The molecule has 0 atom stereocenters. The summed E-state index contributed by atoms with van der Waals surface area (Å²) in [6, 6.07) is 18.3. The number of nitrogens with zero attached hydrogens (tertiary/aromatic N) is 3. The molecule has 0 saturated heterocycles. The molecule has 0 aliphatic rings. The smallest absolute Gasteiger partial charge is 0.191 e. The first-order chi connectivity index (χ1) is 13.3. The molecular formula is C21H26IN5O. The second-order valence-corrected chi connectivity index (χ2v) is 6.07. The van der Waals surface area contributed by atoms with Gasteiger partial charge in [-0.3, -0.25) is 4.99 Å². The highest BCUT2D eigenvalue weighted by molar-refractivity contribution is 14.0. The molecule has 6 nitrogen and oxygen atoms in total. The van der Waals surface area contributed by atoms with Crippen LogP contribution in [-0.4, -0.2) is 35.7 Å². The molecular weight excluding hydrogens is 465 g/mol. The van der Waals surface area contributed by atoms with Gasteiger partial charge in [0.25, 0.3) is 0 Å². The van der Waals surface area contributed by atoms with E-state index in [0.717, 1.165) is 18.3 Å². The van der Waals surface area contributed by atoms with Gasteiger partial charge in [-0.1, -0.05) is 42.5 Å². The Morgan fingerprint density at radius 2 is 1.89 bits per heavy atom. The number of benzene rings is 2. The number of rotatable bonds is 8. The highest BCUT2D eigenvalue weighted by Crippen LogP contribution is 2.08. The molecule has 0 radical (unpaired) electrons. The number of halogens is 1. The predicted molar refractivity (Wildman–Crippen MR) is 123 cm³/mol. The third kappa shape index (κ3) is 7.22. The van der Waals surface area contributed by atoms with Crippen molar-refractivity contribution in [3.63, 3.8) is 0 Å². The molecule has 1 heterocycles. The molecule has 0 spiro atoms. The van der Waals surface area contributed by atoms with Crippen LogP contribution >= 0.6 is 24.0 Å². The van der Waals surface area contributed by atoms with Crippen LogP contribution in [0.1, 0.15) is 11.1 Å². The van der Waals surface area contributed by atoms with Crippen molar-refractivity contribution < 1.29 is 4.74 Å². The molecule has 28 heavy (non-hydrogen) atoms. The van der Waals surface area contributed by atoms with Crippen molar-refractivity contribution in [2.24, 2.45) is 4.99 Å². The zero-order valence-corrected chi connectivity index (χ0v) is 18.2. The Kier molecular flexibility index (Phi) is 9.33. The highest BCUT2D eigenvalue weighted by atomic mass is 127. The van der Waals surface area contributed by atoms with Crippen molar-refractivity contribution in [2.45, 2.75) is 13.1 Å². The van der Waals surface area contributed by atoms with E-state index < -0.39 is 0 Å². The van der Waals surface area contributed by atoms with E-state index in [-0.39, 0.29) is 24.0 Å². The van der Waals surface area contributed by atoms with Gasteiger partial charge in [0.15, 0.2) is 5.96 Å². The van der Waals surface area contributed by atoms with E-state index in [1.165, 1.54) is 11.1 Å². The second-order valence-electron chi connectivity index (χ2n) is 6.07. The van der Waals surface area contributed by atoms with Gasteiger partial charge in [0.2, 0.25) is 0 Å². The van der Waals surface area contributed by atoms with E-state index in [0.29, 0.717) is 19.7 Å². The number of nitrogens with one attached hydrogen (secondary N) is 2. The molecule has 0 unspecified atom stereocenters. The Morgan fingerprint density at radius 3 is 2.64 bits per heavy atom. The van der Waals surface area contributed by atoms with Crippen molar-refractivity contribution in [2.75, 3.05) is 20.2 Å². The van der Waals surface area contributed by atoms with Gasteiger partial charge >= 0.3 is 0 Å². The monoisotopic (exact) mass is 491 g/mol. The van der Waals surface area contributed by atoms with Gasteiger partial charge in [0, 0.05) is 32.5 Å². The molecule has 1 aromatic heterocycles. The molecule has 2 N–H and O–H groups in total. The third-order valence-electron chi connectivity index (χ3n) is 4.01. The molecule has 0 aliphatic heterocycles. The number of hydrogen-bond donors (Lipinski definition) is 2. The van der Waals surface area contributed by atoms with Gasteiger partial charge < -0.3 is 19.9 Å². The summed E-state index contributed by atoms with van der Waals surface area (Å²) in [5.41, 5.74) is 2.45. The first kappa shape index (κ1) is 21.7.